The molecule has 0 radical (unpaired) electrons. The van der Waals surface area contributed by atoms with Crippen LogP contribution in [0, 0.1) is 17.5 Å². The molecule has 0 aliphatic heterocycles. The van der Waals surface area contributed by atoms with Gasteiger partial charge in [0.25, 0.3) is 0 Å². The van der Waals surface area contributed by atoms with E-state index in [1.165, 1.54) is 0 Å². The standard InChI is InChI=1S/C9H6F3N3O/c10-5-2-1-4(7(11)8(5)12)9(16)6-3-13-15-14-6/h1-3,9,16H,(H,13,14,15). The number of benzene rings is 1. The van der Waals surface area contributed by atoms with Gasteiger partial charge in [-0.25, -0.2) is 13.2 Å². The number of hydrogen-bond acceptors (Lipinski definition) is 3. The van der Waals surface area contributed by atoms with Crippen molar-refractivity contribution >= 4 is 0 Å². The molecular weight excluding hydrogens is 223 g/mol. The third kappa shape index (κ3) is 1.65. The summed E-state index contributed by atoms with van der Waals surface area (Å²) in [4.78, 5) is 0. The van der Waals surface area contributed by atoms with Crippen molar-refractivity contribution in [2.45, 2.75) is 6.10 Å². The van der Waals surface area contributed by atoms with E-state index in [-0.39, 0.29) is 5.69 Å². The highest BCUT2D eigenvalue weighted by Gasteiger charge is 2.21. The lowest BCUT2D eigenvalue weighted by Gasteiger charge is -2.09. The highest BCUT2D eigenvalue weighted by atomic mass is 19.2. The van der Waals surface area contributed by atoms with Crippen molar-refractivity contribution in [3.63, 3.8) is 0 Å². The van der Waals surface area contributed by atoms with Crippen LogP contribution < -0.4 is 0 Å². The first kappa shape index (κ1) is 10.6. The van der Waals surface area contributed by atoms with Crippen LogP contribution in [0.15, 0.2) is 18.3 Å². The van der Waals surface area contributed by atoms with Crippen molar-refractivity contribution in [2.75, 3.05) is 0 Å². The average Bonchev–Trinajstić information content (AvgIpc) is 2.79. The molecule has 84 valence electrons. The summed E-state index contributed by atoms with van der Waals surface area (Å²) in [6.45, 7) is 0. The van der Waals surface area contributed by atoms with E-state index in [0.29, 0.717) is 0 Å². The quantitative estimate of drug-likeness (QED) is 0.763. The molecule has 0 saturated carbocycles. The Kier molecular flexibility index (Phi) is 2.61. The zero-order valence-corrected chi connectivity index (χ0v) is 7.78. The van der Waals surface area contributed by atoms with Crippen molar-refractivity contribution in [3.8, 4) is 0 Å². The van der Waals surface area contributed by atoms with Crippen LogP contribution in [0.5, 0.6) is 0 Å². The Morgan fingerprint density at radius 3 is 2.56 bits per heavy atom. The molecule has 2 rings (SSSR count). The monoisotopic (exact) mass is 229 g/mol. The zero-order valence-electron chi connectivity index (χ0n) is 7.78. The molecule has 0 spiro atoms. The molecule has 0 bridgehead atoms. The molecular formula is C9H6F3N3O. The summed E-state index contributed by atoms with van der Waals surface area (Å²) in [6.07, 6.45) is -0.334. The van der Waals surface area contributed by atoms with Gasteiger partial charge in [0, 0.05) is 5.56 Å². The van der Waals surface area contributed by atoms with Crippen LogP contribution >= 0.6 is 0 Å². The van der Waals surface area contributed by atoms with Gasteiger partial charge in [-0.15, -0.1) is 0 Å². The molecule has 0 fully saturated rings. The van der Waals surface area contributed by atoms with Gasteiger partial charge in [0.05, 0.1) is 6.20 Å². The lowest BCUT2D eigenvalue weighted by molar-refractivity contribution is 0.207. The highest BCUT2D eigenvalue weighted by Crippen LogP contribution is 2.24. The average molecular weight is 229 g/mol. The number of aliphatic hydroxyl groups excluding tert-OH is 1. The van der Waals surface area contributed by atoms with E-state index in [2.05, 4.69) is 15.4 Å². The fraction of sp³-hybridized carbons (Fsp3) is 0.111. The molecule has 2 N–H and O–H groups in total. The van der Waals surface area contributed by atoms with Crippen molar-refractivity contribution in [1.82, 2.24) is 15.4 Å². The second-order valence-corrected chi connectivity index (χ2v) is 3.06. The number of nitrogens with one attached hydrogen (secondary N) is 1. The van der Waals surface area contributed by atoms with E-state index in [1.54, 1.807) is 0 Å². The second kappa shape index (κ2) is 3.93. The molecule has 1 aromatic carbocycles. The molecule has 16 heavy (non-hydrogen) atoms. The minimum Gasteiger partial charge on any atom is -0.382 e. The zero-order chi connectivity index (χ0) is 11.7. The van der Waals surface area contributed by atoms with Crippen LogP contribution in [0.2, 0.25) is 0 Å². The van der Waals surface area contributed by atoms with Crippen molar-refractivity contribution in [3.05, 3.63) is 47.0 Å². The fourth-order valence-corrected chi connectivity index (χ4v) is 1.25. The minimum absolute atomic E-state index is 0.0184. The molecule has 1 unspecified atom stereocenters. The predicted molar refractivity (Wildman–Crippen MR) is 46.8 cm³/mol. The van der Waals surface area contributed by atoms with E-state index in [1.807, 2.05) is 0 Å². The number of H-pyrrole nitrogens is 1. The summed E-state index contributed by atoms with van der Waals surface area (Å²) in [6, 6.07) is 1.68. The largest absolute Gasteiger partial charge is 0.382 e. The summed E-state index contributed by atoms with van der Waals surface area (Å²) >= 11 is 0. The van der Waals surface area contributed by atoms with Gasteiger partial charge < -0.3 is 5.11 Å². The molecule has 4 nitrogen and oxygen atoms in total. The molecule has 0 amide bonds. The molecule has 0 aliphatic carbocycles. The Morgan fingerprint density at radius 1 is 1.19 bits per heavy atom. The van der Waals surface area contributed by atoms with E-state index >= 15 is 0 Å². The molecule has 1 heterocycles. The molecule has 2 aromatic rings. The van der Waals surface area contributed by atoms with Crippen LogP contribution in [-0.2, 0) is 0 Å². The van der Waals surface area contributed by atoms with Crippen LogP contribution in [0.3, 0.4) is 0 Å². The maximum atomic E-state index is 13.3. The Bertz CT molecular complexity index is 501. The van der Waals surface area contributed by atoms with Gasteiger partial charge in [-0.1, -0.05) is 0 Å². The van der Waals surface area contributed by atoms with Gasteiger partial charge in [-0.2, -0.15) is 15.4 Å². The van der Waals surface area contributed by atoms with E-state index in [4.69, 9.17) is 0 Å². The third-order valence-electron chi connectivity index (χ3n) is 2.07. The van der Waals surface area contributed by atoms with Crippen LogP contribution in [0.4, 0.5) is 13.2 Å². The van der Waals surface area contributed by atoms with Crippen LogP contribution in [-0.4, -0.2) is 20.5 Å². The van der Waals surface area contributed by atoms with Gasteiger partial charge in [-0.05, 0) is 12.1 Å². The van der Waals surface area contributed by atoms with Gasteiger partial charge >= 0.3 is 0 Å². The van der Waals surface area contributed by atoms with Crippen LogP contribution in [0.1, 0.15) is 17.4 Å². The van der Waals surface area contributed by atoms with Gasteiger partial charge in [0.15, 0.2) is 17.5 Å². The molecule has 0 aliphatic rings. The van der Waals surface area contributed by atoms with E-state index in [0.717, 1.165) is 18.3 Å². The van der Waals surface area contributed by atoms with Crippen molar-refractivity contribution < 1.29 is 18.3 Å². The summed E-state index contributed by atoms with van der Waals surface area (Å²) in [5, 5.41) is 18.8. The van der Waals surface area contributed by atoms with Crippen LogP contribution in [0.25, 0.3) is 0 Å². The third-order valence-corrected chi connectivity index (χ3v) is 2.07. The smallest absolute Gasteiger partial charge is 0.194 e. The summed E-state index contributed by atoms with van der Waals surface area (Å²) in [7, 11) is 0. The van der Waals surface area contributed by atoms with E-state index in [9.17, 15) is 18.3 Å². The maximum absolute atomic E-state index is 13.3. The number of aliphatic hydroxyl groups is 1. The first-order chi connectivity index (χ1) is 7.61. The van der Waals surface area contributed by atoms with Gasteiger partial charge in [0.1, 0.15) is 11.8 Å². The van der Waals surface area contributed by atoms with Gasteiger partial charge in [-0.3, -0.25) is 0 Å². The molecule has 7 heteroatoms. The second-order valence-electron chi connectivity index (χ2n) is 3.06. The summed E-state index contributed by atoms with van der Waals surface area (Å²) in [5.41, 5.74) is -0.377. The highest BCUT2D eigenvalue weighted by molar-refractivity contribution is 5.27. The minimum atomic E-state index is -1.62. The fourth-order valence-electron chi connectivity index (χ4n) is 1.25. The molecule has 0 saturated heterocycles. The van der Waals surface area contributed by atoms with Crippen molar-refractivity contribution in [2.24, 2.45) is 0 Å². The first-order valence-corrected chi connectivity index (χ1v) is 4.28. The number of aromatic nitrogens is 3. The topological polar surface area (TPSA) is 61.8 Å². The normalized spacial score (nSPS) is 12.8. The lowest BCUT2D eigenvalue weighted by atomic mass is 10.1. The van der Waals surface area contributed by atoms with Crippen molar-refractivity contribution in [1.29, 1.82) is 0 Å². The number of aromatic amines is 1. The number of hydrogen-bond donors (Lipinski definition) is 2. The number of rotatable bonds is 2. The Hall–Kier alpha value is -1.89. The lowest BCUT2D eigenvalue weighted by Crippen LogP contribution is -2.06. The maximum Gasteiger partial charge on any atom is 0.194 e. The number of halogens is 3. The van der Waals surface area contributed by atoms with Gasteiger partial charge in [0.2, 0.25) is 0 Å². The summed E-state index contributed by atoms with van der Waals surface area (Å²) in [5.74, 6) is -4.37. The Morgan fingerprint density at radius 2 is 1.94 bits per heavy atom. The SMILES string of the molecule is OC(c1cn[nH]n1)c1ccc(F)c(F)c1F. The number of nitrogens with zero attached hydrogens (tertiary/aromatic N) is 2. The summed E-state index contributed by atoms with van der Waals surface area (Å²) < 4.78 is 38.8. The predicted octanol–water partition coefficient (Wildman–Crippen LogP) is 1.30. The first-order valence-electron chi connectivity index (χ1n) is 4.28. The van der Waals surface area contributed by atoms with E-state index < -0.39 is 29.1 Å². The Labute approximate surface area is 87.7 Å². The molecule has 1 aromatic heterocycles. The Balaban J connectivity index is 2.45. The molecule has 1 atom stereocenters.